The van der Waals surface area contributed by atoms with E-state index in [0.717, 1.165) is 6.42 Å². The molecular formula is C26H27NO3. The Bertz CT molecular complexity index is 1010. The lowest BCUT2D eigenvalue weighted by Crippen LogP contribution is -2.22. The molecule has 1 fully saturated rings. The molecule has 1 aliphatic carbocycles. The fraction of sp³-hybridized carbons (Fsp3) is 0.269. The quantitative estimate of drug-likeness (QED) is 0.612. The Balaban J connectivity index is 1.66. The van der Waals surface area contributed by atoms with Gasteiger partial charge in [0.25, 0.3) is 0 Å². The minimum atomic E-state index is -0.300. The van der Waals surface area contributed by atoms with E-state index in [0.29, 0.717) is 17.2 Å². The van der Waals surface area contributed by atoms with Crippen LogP contribution in [0.2, 0.25) is 0 Å². The third-order valence-electron chi connectivity index (χ3n) is 6.08. The maximum atomic E-state index is 13.3. The Labute approximate surface area is 177 Å². The van der Waals surface area contributed by atoms with Crippen LogP contribution in [0.3, 0.4) is 0 Å². The van der Waals surface area contributed by atoms with Crippen molar-refractivity contribution in [2.45, 2.75) is 25.7 Å². The molecule has 30 heavy (non-hydrogen) atoms. The first-order chi connectivity index (χ1) is 14.5. The number of hydrogen-bond acceptors (Lipinski definition) is 3. The number of nitrogens with one attached hydrogen (secondary N) is 1. The van der Waals surface area contributed by atoms with Crippen molar-refractivity contribution >= 4 is 11.6 Å². The summed E-state index contributed by atoms with van der Waals surface area (Å²) in [7, 11) is 3.19. The summed E-state index contributed by atoms with van der Waals surface area (Å²) in [4.78, 5) is 13.3. The number of benzene rings is 3. The zero-order chi connectivity index (χ0) is 21.3. The van der Waals surface area contributed by atoms with Crippen molar-refractivity contribution < 1.29 is 14.3 Å². The van der Waals surface area contributed by atoms with Crippen LogP contribution >= 0.6 is 0 Å². The van der Waals surface area contributed by atoms with Crippen molar-refractivity contribution in [1.82, 2.24) is 0 Å². The van der Waals surface area contributed by atoms with E-state index in [-0.39, 0.29) is 17.2 Å². The molecule has 1 amide bonds. The van der Waals surface area contributed by atoms with E-state index in [2.05, 4.69) is 67.7 Å². The summed E-state index contributed by atoms with van der Waals surface area (Å²) in [6, 6.07) is 22.5. The van der Waals surface area contributed by atoms with Crippen LogP contribution in [0, 0.1) is 19.8 Å². The zero-order valence-electron chi connectivity index (χ0n) is 17.9. The SMILES string of the molecule is COc1ccc(NC(=O)C2CC2(c2ccc(C)cc2)c2ccc(C)cc2)c(OC)c1. The first-order valence-electron chi connectivity index (χ1n) is 10.1. The summed E-state index contributed by atoms with van der Waals surface area (Å²) >= 11 is 0. The van der Waals surface area contributed by atoms with Gasteiger partial charge in [-0.25, -0.2) is 0 Å². The van der Waals surface area contributed by atoms with Crippen LogP contribution in [0.5, 0.6) is 11.5 Å². The molecule has 0 spiro atoms. The summed E-state index contributed by atoms with van der Waals surface area (Å²) in [5.74, 6) is 1.12. The summed E-state index contributed by atoms with van der Waals surface area (Å²) in [6.45, 7) is 4.16. The first-order valence-corrected chi connectivity index (χ1v) is 10.1. The number of methoxy groups -OCH3 is 2. The highest BCUT2D eigenvalue weighted by atomic mass is 16.5. The molecule has 0 radical (unpaired) electrons. The molecule has 4 nitrogen and oxygen atoms in total. The molecule has 4 rings (SSSR count). The molecule has 0 aliphatic heterocycles. The van der Waals surface area contributed by atoms with Crippen LogP contribution in [0.25, 0.3) is 0 Å². The molecule has 1 unspecified atom stereocenters. The van der Waals surface area contributed by atoms with Gasteiger partial charge >= 0.3 is 0 Å². The number of carbonyl (C=O) groups excluding carboxylic acids is 1. The second-order valence-corrected chi connectivity index (χ2v) is 8.02. The first kappa shape index (κ1) is 20.0. The second-order valence-electron chi connectivity index (χ2n) is 8.02. The van der Waals surface area contributed by atoms with Crippen LogP contribution in [-0.2, 0) is 10.2 Å². The molecule has 4 heteroatoms. The van der Waals surface area contributed by atoms with E-state index in [9.17, 15) is 4.79 Å². The minimum Gasteiger partial charge on any atom is -0.497 e. The van der Waals surface area contributed by atoms with Crippen LogP contribution in [-0.4, -0.2) is 20.1 Å². The Morgan fingerprint density at radius 3 is 1.93 bits per heavy atom. The Hall–Kier alpha value is -3.27. The fourth-order valence-corrected chi connectivity index (χ4v) is 4.21. The van der Waals surface area contributed by atoms with E-state index >= 15 is 0 Å². The lowest BCUT2D eigenvalue weighted by Gasteiger charge is -2.20. The standard InChI is InChI=1S/C26H27NO3/c1-17-5-9-19(10-6-17)26(20-11-7-18(2)8-12-20)16-22(26)25(28)27-23-14-13-21(29-3)15-24(23)30-4/h5-15,22H,16H2,1-4H3,(H,27,28). The van der Waals surface area contributed by atoms with Gasteiger partial charge in [-0.15, -0.1) is 0 Å². The monoisotopic (exact) mass is 401 g/mol. The van der Waals surface area contributed by atoms with E-state index in [4.69, 9.17) is 9.47 Å². The fourth-order valence-electron chi connectivity index (χ4n) is 4.21. The van der Waals surface area contributed by atoms with Gasteiger partial charge in [0.15, 0.2) is 0 Å². The summed E-state index contributed by atoms with van der Waals surface area (Å²) < 4.78 is 10.7. The molecule has 154 valence electrons. The van der Waals surface area contributed by atoms with Crippen LogP contribution in [0.1, 0.15) is 28.7 Å². The summed E-state index contributed by atoms with van der Waals surface area (Å²) in [6.07, 6.45) is 0.781. The number of ether oxygens (including phenoxy) is 2. The molecule has 0 saturated heterocycles. The van der Waals surface area contributed by atoms with Crippen LogP contribution in [0.15, 0.2) is 66.7 Å². The van der Waals surface area contributed by atoms with Gasteiger partial charge < -0.3 is 14.8 Å². The highest BCUT2D eigenvalue weighted by Crippen LogP contribution is 2.59. The van der Waals surface area contributed by atoms with Gasteiger partial charge in [0.2, 0.25) is 5.91 Å². The van der Waals surface area contributed by atoms with Crippen LogP contribution < -0.4 is 14.8 Å². The molecule has 1 saturated carbocycles. The Morgan fingerprint density at radius 2 is 1.43 bits per heavy atom. The molecule has 0 heterocycles. The van der Waals surface area contributed by atoms with Gasteiger partial charge in [-0.05, 0) is 43.5 Å². The number of carbonyl (C=O) groups is 1. The van der Waals surface area contributed by atoms with Crippen molar-refractivity contribution in [2.24, 2.45) is 5.92 Å². The number of amides is 1. The van der Waals surface area contributed by atoms with Crippen molar-refractivity contribution in [1.29, 1.82) is 0 Å². The lowest BCUT2D eigenvalue weighted by atomic mass is 9.85. The van der Waals surface area contributed by atoms with Gasteiger partial charge in [0.1, 0.15) is 11.5 Å². The van der Waals surface area contributed by atoms with Crippen molar-refractivity contribution in [2.75, 3.05) is 19.5 Å². The van der Waals surface area contributed by atoms with Crippen molar-refractivity contribution in [3.8, 4) is 11.5 Å². The van der Waals surface area contributed by atoms with E-state index in [1.165, 1.54) is 22.3 Å². The smallest absolute Gasteiger partial charge is 0.228 e. The maximum Gasteiger partial charge on any atom is 0.228 e. The molecular weight excluding hydrogens is 374 g/mol. The van der Waals surface area contributed by atoms with E-state index < -0.39 is 0 Å². The van der Waals surface area contributed by atoms with Gasteiger partial charge in [-0.2, -0.15) is 0 Å². The maximum absolute atomic E-state index is 13.3. The van der Waals surface area contributed by atoms with Gasteiger partial charge in [-0.3, -0.25) is 4.79 Å². The van der Waals surface area contributed by atoms with Crippen LogP contribution in [0.4, 0.5) is 5.69 Å². The second kappa shape index (κ2) is 7.86. The number of aryl methyl sites for hydroxylation is 2. The molecule has 3 aromatic carbocycles. The Morgan fingerprint density at radius 1 is 0.867 bits per heavy atom. The Kier molecular flexibility index (Phi) is 5.25. The van der Waals surface area contributed by atoms with Crippen molar-refractivity contribution in [3.63, 3.8) is 0 Å². The molecule has 1 N–H and O–H groups in total. The summed E-state index contributed by atoms with van der Waals surface area (Å²) in [5.41, 5.74) is 5.13. The van der Waals surface area contributed by atoms with Crippen molar-refractivity contribution in [3.05, 3.63) is 89.0 Å². The summed E-state index contributed by atoms with van der Waals surface area (Å²) in [5, 5.41) is 3.07. The van der Waals surface area contributed by atoms with Gasteiger partial charge in [0.05, 0.1) is 25.8 Å². The molecule has 1 aliphatic rings. The number of hydrogen-bond donors (Lipinski definition) is 1. The van der Waals surface area contributed by atoms with E-state index in [1.807, 2.05) is 12.1 Å². The highest BCUT2D eigenvalue weighted by molar-refractivity contribution is 5.98. The third-order valence-corrected chi connectivity index (χ3v) is 6.08. The highest BCUT2D eigenvalue weighted by Gasteiger charge is 2.60. The molecule has 0 bridgehead atoms. The van der Waals surface area contributed by atoms with E-state index in [1.54, 1.807) is 20.3 Å². The molecule has 0 aromatic heterocycles. The average Bonchev–Trinajstić information content (AvgIpc) is 3.52. The zero-order valence-corrected chi connectivity index (χ0v) is 17.9. The predicted molar refractivity (Wildman–Crippen MR) is 119 cm³/mol. The number of rotatable bonds is 6. The predicted octanol–water partition coefficient (Wildman–Crippen LogP) is 5.27. The number of anilines is 1. The minimum absolute atomic E-state index is 0.000355. The van der Waals surface area contributed by atoms with Gasteiger partial charge in [0, 0.05) is 11.5 Å². The normalized spacial score (nSPS) is 16.6. The molecule has 3 aromatic rings. The molecule has 1 atom stereocenters. The lowest BCUT2D eigenvalue weighted by molar-refractivity contribution is -0.117. The van der Waals surface area contributed by atoms with Gasteiger partial charge in [-0.1, -0.05) is 59.7 Å². The third kappa shape index (κ3) is 3.54. The average molecular weight is 402 g/mol. The largest absolute Gasteiger partial charge is 0.497 e. The topological polar surface area (TPSA) is 47.6 Å².